The minimum Gasteiger partial charge on any atom is -1.00 e. The number of hydrogen-bond donors (Lipinski definition) is 0. The van der Waals surface area contributed by atoms with Crippen molar-refractivity contribution < 1.29 is 17.0 Å². The van der Waals surface area contributed by atoms with Crippen molar-refractivity contribution in [2.75, 3.05) is 18.0 Å². The number of halogens is 1. The minimum atomic E-state index is 0. The summed E-state index contributed by atoms with van der Waals surface area (Å²) in [6, 6.07) is 27.9. The maximum absolute atomic E-state index is 2.36. The van der Waals surface area contributed by atoms with Gasteiger partial charge in [0.15, 0.2) is 11.0 Å². The highest BCUT2D eigenvalue weighted by atomic mass is 35.5. The number of nitrogens with zero attached hydrogens (tertiary/aromatic N) is 3. The summed E-state index contributed by atoms with van der Waals surface area (Å²) in [4.78, 5) is 2.36. The molecule has 30 heavy (non-hydrogen) atoms. The van der Waals surface area contributed by atoms with Crippen LogP contribution in [0.3, 0.4) is 0 Å². The Morgan fingerprint density at radius 3 is 2.10 bits per heavy atom. The van der Waals surface area contributed by atoms with E-state index >= 15 is 0 Å². The molecule has 3 aromatic carbocycles. The number of hydrogen-bond acceptors (Lipinski definition) is 1. The SMILES string of the molecule is CCN(CC)c1ccc(/C=C/c2n(-c3ccccc3)c3ccccc3[n+]2C)cc1.[Cl-]. The third kappa shape index (κ3) is 4.12. The van der Waals surface area contributed by atoms with E-state index in [2.05, 4.69) is 126 Å². The van der Waals surface area contributed by atoms with Gasteiger partial charge < -0.3 is 17.3 Å². The van der Waals surface area contributed by atoms with E-state index in [1.54, 1.807) is 0 Å². The van der Waals surface area contributed by atoms with Gasteiger partial charge in [0.25, 0.3) is 5.82 Å². The van der Waals surface area contributed by atoms with Crippen molar-refractivity contribution in [1.82, 2.24) is 4.57 Å². The summed E-state index contributed by atoms with van der Waals surface area (Å²) in [7, 11) is 2.13. The first kappa shape index (κ1) is 21.7. The average Bonchev–Trinajstić information content (AvgIpc) is 3.06. The van der Waals surface area contributed by atoms with Crippen LogP contribution >= 0.6 is 0 Å². The van der Waals surface area contributed by atoms with Gasteiger partial charge in [0.2, 0.25) is 0 Å². The lowest BCUT2D eigenvalue weighted by atomic mass is 10.1. The molecule has 0 radical (unpaired) electrons. The third-order valence-electron chi connectivity index (χ3n) is 5.52. The monoisotopic (exact) mass is 417 g/mol. The molecule has 154 valence electrons. The van der Waals surface area contributed by atoms with Crippen LogP contribution in [0.5, 0.6) is 0 Å². The summed E-state index contributed by atoms with van der Waals surface area (Å²) in [5, 5.41) is 0. The van der Waals surface area contributed by atoms with E-state index < -0.39 is 0 Å². The fourth-order valence-corrected chi connectivity index (χ4v) is 3.92. The van der Waals surface area contributed by atoms with E-state index in [0.717, 1.165) is 18.9 Å². The first-order valence-electron chi connectivity index (χ1n) is 10.3. The Labute approximate surface area is 185 Å². The molecule has 0 saturated heterocycles. The number of aromatic nitrogens is 2. The van der Waals surface area contributed by atoms with Gasteiger partial charge in [0.05, 0.1) is 7.05 Å². The fourth-order valence-electron chi connectivity index (χ4n) is 3.92. The predicted octanol–water partition coefficient (Wildman–Crippen LogP) is 2.48. The van der Waals surface area contributed by atoms with Crippen LogP contribution in [0.4, 0.5) is 5.69 Å². The summed E-state index contributed by atoms with van der Waals surface area (Å²) in [6.07, 6.45) is 4.40. The highest BCUT2D eigenvalue weighted by molar-refractivity contribution is 5.78. The summed E-state index contributed by atoms with van der Waals surface area (Å²) < 4.78 is 4.57. The van der Waals surface area contributed by atoms with Crippen molar-refractivity contribution >= 4 is 28.9 Å². The van der Waals surface area contributed by atoms with E-state index in [1.807, 2.05) is 0 Å². The van der Waals surface area contributed by atoms with E-state index in [0.29, 0.717) is 0 Å². The van der Waals surface area contributed by atoms with Crippen molar-refractivity contribution in [2.24, 2.45) is 7.05 Å². The van der Waals surface area contributed by atoms with E-state index in [1.165, 1.54) is 28.0 Å². The van der Waals surface area contributed by atoms with Gasteiger partial charge in [0, 0.05) is 24.9 Å². The van der Waals surface area contributed by atoms with Gasteiger partial charge in [-0.05, 0) is 61.9 Å². The Morgan fingerprint density at radius 1 is 0.800 bits per heavy atom. The molecule has 0 saturated carbocycles. The number of benzene rings is 3. The summed E-state index contributed by atoms with van der Waals surface area (Å²) in [5.41, 5.74) is 6.06. The van der Waals surface area contributed by atoms with Crippen molar-refractivity contribution in [3.05, 3.63) is 90.3 Å². The van der Waals surface area contributed by atoms with Gasteiger partial charge >= 0.3 is 0 Å². The number of imidazole rings is 1. The lowest BCUT2D eigenvalue weighted by Crippen LogP contribution is -3.00. The normalized spacial score (nSPS) is 11.0. The molecule has 0 unspecified atom stereocenters. The lowest BCUT2D eigenvalue weighted by molar-refractivity contribution is -0.647. The maximum atomic E-state index is 2.36. The zero-order valence-corrected chi connectivity index (χ0v) is 18.6. The Kier molecular flexibility index (Phi) is 6.96. The van der Waals surface area contributed by atoms with Gasteiger partial charge in [-0.15, -0.1) is 0 Å². The molecule has 4 heteroatoms. The number of anilines is 1. The van der Waals surface area contributed by atoms with Crippen molar-refractivity contribution in [3.63, 3.8) is 0 Å². The van der Waals surface area contributed by atoms with E-state index in [4.69, 9.17) is 0 Å². The van der Waals surface area contributed by atoms with Crippen LogP contribution in [0, 0.1) is 0 Å². The van der Waals surface area contributed by atoms with Gasteiger partial charge in [0.1, 0.15) is 5.69 Å². The topological polar surface area (TPSA) is 12.1 Å². The minimum absolute atomic E-state index is 0. The van der Waals surface area contributed by atoms with Crippen molar-refractivity contribution in [1.29, 1.82) is 0 Å². The van der Waals surface area contributed by atoms with Crippen LogP contribution in [-0.4, -0.2) is 17.7 Å². The molecule has 3 nitrogen and oxygen atoms in total. The van der Waals surface area contributed by atoms with Gasteiger partial charge in [-0.25, -0.2) is 4.57 Å². The molecule has 0 aliphatic rings. The largest absolute Gasteiger partial charge is 1.00 e. The summed E-state index contributed by atoms with van der Waals surface area (Å²) in [6.45, 7) is 6.44. The van der Waals surface area contributed by atoms with Gasteiger partial charge in [-0.3, -0.25) is 0 Å². The Bertz CT molecular complexity index is 1120. The van der Waals surface area contributed by atoms with Gasteiger partial charge in [-0.1, -0.05) is 42.5 Å². The third-order valence-corrected chi connectivity index (χ3v) is 5.52. The van der Waals surface area contributed by atoms with Crippen LogP contribution < -0.4 is 21.9 Å². The number of fused-ring (bicyclic) bond motifs is 1. The van der Waals surface area contributed by atoms with E-state index in [9.17, 15) is 0 Å². The first-order valence-corrected chi connectivity index (χ1v) is 10.3. The molecule has 0 N–H and O–H groups in total. The predicted molar refractivity (Wildman–Crippen MR) is 123 cm³/mol. The highest BCUT2D eigenvalue weighted by Crippen LogP contribution is 2.22. The molecule has 0 aliphatic heterocycles. The standard InChI is InChI=1S/C26H28N3.ClH/c1-4-28(5-2)22-18-15-21(16-19-22)17-20-26-27(3)24-13-9-10-14-25(24)29(26)23-11-7-6-8-12-23;/h6-20H,4-5H2,1-3H3;1H/q+1;/p-1. The molecular formula is C26H28ClN3. The Hall–Kier alpha value is -3.04. The van der Waals surface area contributed by atoms with Crippen molar-refractivity contribution in [3.8, 4) is 5.69 Å². The molecule has 0 aliphatic carbocycles. The molecule has 0 spiro atoms. The maximum Gasteiger partial charge on any atom is 0.287 e. The zero-order valence-electron chi connectivity index (χ0n) is 17.8. The fraction of sp³-hybridized carbons (Fsp3) is 0.192. The molecule has 0 amide bonds. The Morgan fingerprint density at radius 2 is 1.43 bits per heavy atom. The zero-order chi connectivity index (χ0) is 20.2. The van der Waals surface area contributed by atoms with E-state index in [-0.39, 0.29) is 12.4 Å². The molecule has 1 aromatic heterocycles. The second-order valence-electron chi connectivity index (χ2n) is 7.17. The summed E-state index contributed by atoms with van der Waals surface area (Å²) in [5.74, 6) is 1.14. The quantitative estimate of drug-likeness (QED) is 0.439. The molecule has 1 heterocycles. The molecular weight excluding hydrogens is 390 g/mol. The number of rotatable bonds is 6. The Balaban J connectivity index is 0.00000256. The number of para-hydroxylation sites is 3. The lowest BCUT2D eigenvalue weighted by Gasteiger charge is -2.20. The van der Waals surface area contributed by atoms with Crippen LogP contribution in [0.25, 0.3) is 28.9 Å². The smallest absolute Gasteiger partial charge is 0.287 e. The van der Waals surface area contributed by atoms with Crippen LogP contribution in [0.2, 0.25) is 0 Å². The van der Waals surface area contributed by atoms with Crippen LogP contribution in [0.1, 0.15) is 25.2 Å². The molecule has 0 atom stereocenters. The second kappa shape index (κ2) is 9.64. The van der Waals surface area contributed by atoms with Crippen LogP contribution in [0.15, 0.2) is 78.9 Å². The van der Waals surface area contributed by atoms with Gasteiger partial charge in [-0.2, -0.15) is 4.57 Å². The summed E-state index contributed by atoms with van der Waals surface area (Å²) >= 11 is 0. The molecule has 4 aromatic rings. The second-order valence-corrected chi connectivity index (χ2v) is 7.17. The average molecular weight is 418 g/mol. The number of aryl methyl sites for hydroxylation is 1. The van der Waals surface area contributed by atoms with Crippen molar-refractivity contribution in [2.45, 2.75) is 13.8 Å². The van der Waals surface area contributed by atoms with Crippen LogP contribution in [-0.2, 0) is 7.05 Å². The molecule has 0 fully saturated rings. The first-order chi connectivity index (χ1) is 14.2. The molecule has 0 bridgehead atoms. The molecule has 4 rings (SSSR count). The highest BCUT2D eigenvalue weighted by Gasteiger charge is 2.21.